The number of hydrogen-bond acceptors (Lipinski definition) is 2. The number of carbonyl (C=O) groups is 1. The molecule has 0 aromatic heterocycles. The van der Waals surface area contributed by atoms with E-state index in [1.54, 1.807) is 0 Å². The maximum absolute atomic E-state index is 12.3. The Balaban J connectivity index is 1.86. The standard InChI is InChI=1S/C14H26N2O/c1-14(9-6-10-15-11-14)13(17)16-12-7-4-2-3-5-8-12/h12,15H,2-11H2,1H3,(H,16,17). The number of rotatable bonds is 2. The second kappa shape index (κ2) is 5.85. The van der Waals surface area contributed by atoms with Crippen molar-refractivity contribution in [1.29, 1.82) is 0 Å². The van der Waals surface area contributed by atoms with Gasteiger partial charge >= 0.3 is 0 Å². The maximum Gasteiger partial charge on any atom is 0.227 e. The molecule has 1 amide bonds. The Hall–Kier alpha value is -0.570. The molecule has 17 heavy (non-hydrogen) atoms. The first kappa shape index (κ1) is 12.9. The molecule has 1 saturated heterocycles. The molecule has 98 valence electrons. The quantitative estimate of drug-likeness (QED) is 0.724. The lowest BCUT2D eigenvalue weighted by Gasteiger charge is -2.34. The molecule has 0 spiro atoms. The highest BCUT2D eigenvalue weighted by Crippen LogP contribution is 2.26. The predicted octanol–water partition coefficient (Wildman–Crippen LogP) is 2.22. The fourth-order valence-corrected chi connectivity index (χ4v) is 3.03. The number of amides is 1. The third-order valence-electron chi connectivity index (χ3n) is 4.34. The normalized spacial score (nSPS) is 31.8. The smallest absolute Gasteiger partial charge is 0.227 e. The van der Waals surface area contributed by atoms with E-state index in [1.165, 1.54) is 38.5 Å². The Bertz CT molecular complexity index is 251. The third-order valence-corrected chi connectivity index (χ3v) is 4.34. The molecule has 0 aromatic carbocycles. The molecule has 1 unspecified atom stereocenters. The number of carbonyl (C=O) groups excluding carboxylic acids is 1. The van der Waals surface area contributed by atoms with Crippen LogP contribution in [0.2, 0.25) is 0 Å². The largest absolute Gasteiger partial charge is 0.353 e. The zero-order valence-electron chi connectivity index (χ0n) is 11.1. The summed E-state index contributed by atoms with van der Waals surface area (Å²) in [5, 5.41) is 6.64. The number of hydrogen-bond donors (Lipinski definition) is 2. The average Bonchev–Trinajstić information content (AvgIpc) is 2.58. The van der Waals surface area contributed by atoms with Crippen molar-refractivity contribution in [3.63, 3.8) is 0 Å². The van der Waals surface area contributed by atoms with E-state index >= 15 is 0 Å². The van der Waals surface area contributed by atoms with Gasteiger partial charge < -0.3 is 10.6 Å². The van der Waals surface area contributed by atoms with E-state index in [0.717, 1.165) is 25.9 Å². The van der Waals surface area contributed by atoms with Crippen molar-refractivity contribution in [1.82, 2.24) is 10.6 Å². The van der Waals surface area contributed by atoms with Crippen molar-refractivity contribution >= 4 is 5.91 Å². The Kier molecular flexibility index (Phi) is 4.43. The molecule has 3 nitrogen and oxygen atoms in total. The van der Waals surface area contributed by atoms with Crippen molar-refractivity contribution in [3.05, 3.63) is 0 Å². The first-order valence-electron chi connectivity index (χ1n) is 7.22. The van der Waals surface area contributed by atoms with Crippen LogP contribution in [0.15, 0.2) is 0 Å². The molecular weight excluding hydrogens is 212 g/mol. The van der Waals surface area contributed by atoms with E-state index in [0.29, 0.717) is 6.04 Å². The number of piperidine rings is 1. The van der Waals surface area contributed by atoms with Gasteiger partial charge in [-0.25, -0.2) is 0 Å². The summed E-state index contributed by atoms with van der Waals surface area (Å²) in [7, 11) is 0. The lowest BCUT2D eigenvalue weighted by Crippen LogP contribution is -2.51. The summed E-state index contributed by atoms with van der Waals surface area (Å²) in [6.45, 7) is 4.00. The van der Waals surface area contributed by atoms with Crippen LogP contribution < -0.4 is 10.6 Å². The van der Waals surface area contributed by atoms with Gasteiger partial charge in [0.2, 0.25) is 5.91 Å². The molecule has 2 N–H and O–H groups in total. The van der Waals surface area contributed by atoms with Gasteiger partial charge in [-0.15, -0.1) is 0 Å². The fraction of sp³-hybridized carbons (Fsp3) is 0.929. The minimum atomic E-state index is -0.176. The average molecular weight is 238 g/mol. The van der Waals surface area contributed by atoms with Gasteiger partial charge in [-0.1, -0.05) is 25.7 Å². The molecule has 2 fully saturated rings. The van der Waals surface area contributed by atoms with E-state index in [2.05, 4.69) is 17.6 Å². The second-order valence-electron chi connectivity index (χ2n) is 6.00. The van der Waals surface area contributed by atoms with Crippen LogP contribution in [-0.2, 0) is 4.79 Å². The molecule has 0 aromatic rings. The van der Waals surface area contributed by atoms with Gasteiger partial charge in [0.05, 0.1) is 5.41 Å². The van der Waals surface area contributed by atoms with E-state index in [4.69, 9.17) is 0 Å². The first-order valence-corrected chi connectivity index (χ1v) is 7.22. The molecule has 1 heterocycles. The molecule has 2 rings (SSSR count). The van der Waals surface area contributed by atoms with E-state index < -0.39 is 0 Å². The van der Waals surface area contributed by atoms with Crippen molar-refractivity contribution < 1.29 is 4.79 Å². The lowest BCUT2D eigenvalue weighted by molar-refractivity contribution is -0.131. The van der Waals surface area contributed by atoms with Gasteiger partial charge in [0.15, 0.2) is 0 Å². The molecule has 0 bridgehead atoms. The van der Waals surface area contributed by atoms with Crippen LogP contribution in [0.1, 0.15) is 58.3 Å². The highest BCUT2D eigenvalue weighted by Gasteiger charge is 2.35. The highest BCUT2D eigenvalue weighted by molar-refractivity contribution is 5.82. The van der Waals surface area contributed by atoms with Crippen LogP contribution in [0.3, 0.4) is 0 Å². The van der Waals surface area contributed by atoms with Gasteiger partial charge in [0, 0.05) is 12.6 Å². The predicted molar refractivity (Wildman–Crippen MR) is 69.8 cm³/mol. The lowest BCUT2D eigenvalue weighted by atomic mass is 9.81. The summed E-state index contributed by atoms with van der Waals surface area (Å²) in [6.07, 6.45) is 9.73. The Morgan fingerprint density at radius 3 is 2.47 bits per heavy atom. The Morgan fingerprint density at radius 1 is 1.18 bits per heavy atom. The fourth-order valence-electron chi connectivity index (χ4n) is 3.03. The van der Waals surface area contributed by atoms with Gasteiger partial charge in [-0.05, 0) is 39.2 Å². The second-order valence-corrected chi connectivity index (χ2v) is 6.00. The number of nitrogens with one attached hydrogen (secondary N) is 2. The monoisotopic (exact) mass is 238 g/mol. The van der Waals surface area contributed by atoms with Crippen LogP contribution >= 0.6 is 0 Å². The molecule has 1 atom stereocenters. The van der Waals surface area contributed by atoms with E-state index in [1.807, 2.05) is 0 Å². The SMILES string of the molecule is CC1(C(=O)NC2CCCCCC2)CCCNC1. The summed E-state index contributed by atoms with van der Waals surface area (Å²) >= 11 is 0. The van der Waals surface area contributed by atoms with Crippen LogP contribution in [0, 0.1) is 5.41 Å². The highest BCUT2D eigenvalue weighted by atomic mass is 16.2. The molecule has 2 aliphatic rings. The minimum absolute atomic E-state index is 0.176. The van der Waals surface area contributed by atoms with Crippen LogP contribution in [0.25, 0.3) is 0 Å². The Morgan fingerprint density at radius 2 is 1.88 bits per heavy atom. The molecular formula is C14H26N2O. The third kappa shape index (κ3) is 3.44. The van der Waals surface area contributed by atoms with Crippen LogP contribution in [-0.4, -0.2) is 25.0 Å². The first-order chi connectivity index (χ1) is 8.21. The Labute approximate surface area is 105 Å². The summed E-state index contributed by atoms with van der Waals surface area (Å²) in [4.78, 5) is 12.3. The topological polar surface area (TPSA) is 41.1 Å². The van der Waals surface area contributed by atoms with Crippen LogP contribution in [0.5, 0.6) is 0 Å². The summed E-state index contributed by atoms with van der Waals surface area (Å²) < 4.78 is 0. The molecule has 1 aliphatic heterocycles. The minimum Gasteiger partial charge on any atom is -0.353 e. The van der Waals surface area contributed by atoms with Gasteiger partial charge in [0.1, 0.15) is 0 Å². The molecule has 0 radical (unpaired) electrons. The maximum atomic E-state index is 12.3. The van der Waals surface area contributed by atoms with Gasteiger partial charge in [-0.2, -0.15) is 0 Å². The molecule has 3 heteroatoms. The van der Waals surface area contributed by atoms with Crippen molar-refractivity contribution in [2.75, 3.05) is 13.1 Å². The molecule has 1 saturated carbocycles. The summed E-state index contributed by atoms with van der Waals surface area (Å²) in [6, 6.07) is 0.434. The molecule has 1 aliphatic carbocycles. The van der Waals surface area contributed by atoms with Crippen molar-refractivity contribution in [3.8, 4) is 0 Å². The van der Waals surface area contributed by atoms with Gasteiger partial charge in [0.25, 0.3) is 0 Å². The summed E-state index contributed by atoms with van der Waals surface area (Å²) in [5.41, 5.74) is -0.176. The zero-order chi connectivity index (χ0) is 12.1. The van der Waals surface area contributed by atoms with Crippen molar-refractivity contribution in [2.45, 2.75) is 64.3 Å². The van der Waals surface area contributed by atoms with Gasteiger partial charge in [-0.3, -0.25) is 4.79 Å². The van der Waals surface area contributed by atoms with Crippen molar-refractivity contribution in [2.24, 2.45) is 5.41 Å². The summed E-state index contributed by atoms with van der Waals surface area (Å²) in [5.74, 6) is 0.275. The van der Waals surface area contributed by atoms with E-state index in [-0.39, 0.29) is 11.3 Å². The zero-order valence-corrected chi connectivity index (χ0v) is 11.1. The van der Waals surface area contributed by atoms with E-state index in [9.17, 15) is 4.79 Å². The van der Waals surface area contributed by atoms with Crippen LogP contribution in [0.4, 0.5) is 0 Å².